The molecule has 0 unspecified atom stereocenters. The number of unbranched alkanes of at least 4 members (excludes halogenated alkanes) is 2. The van der Waals surface area contributed by atoms with Crippen molar-refractivity contribution >= 4 is 23.0 Å². The Labute approximate surface area is 238 Å². The van der Waals surface area contributed by atoms with Crippen molar-refractivity contribution < 1.29 is 18.7 Å². The van der Waals surface area contributed by atoms with Gasteiger partial charge in [0, 0.05) is 37.6 Å². The van der Waals surface area contributed by atoms with Gasteiger partial charge < -0.3 is 30.1 Å². The third-order valence-corrected chi connectivity index (χ3v) is 8.72. The second-order valence-corrected chi connectivity index (χ2v) is 11.2. The van der Waals surface area contributed by atoms with Crippen molar-refractivity contribution in [2.24, 2.45) is 11.3 Å². The Balaban J connectivity index is 1.46. The van der Waals surface area contributed by atoms with Crippen LogP contribution in [0.15, 0.2) is 40.3 Å². The van der Waals surface area contributed by atoms with Crippen LogP contribution >= 0.6 is 0 Å². The summed E-state index contributed by atoms with van der Waals surface area (Å²) < 4.78 is 11.8. The number of oxazole rings is 1. The standard InChI is InChI=1S/C31H45N5O4/c1-5-22(37)10-8-7-9-11-26(35-29(38)24-18-31(24)12-14-36(6-2)15-13-31)30-34-20-28(40-30)23-17-25(32)21(19-33-3)16-27(23)39-4/h16-17,19-20,24,26,32-33H,5-15,18H2,1-4H3,(H,35,38)/b21-19-,32-25?/t24-,26+/m1/s1. The number of hydrogen-bond acceptors (Lipinski definition) is 8. The van der Waals surface area contributed by atoms with Crippen molar-refractivity contribution in [2.45, 2.75) is 77.7 Å². The maximum atomic E-state index is 13.5. The Morgan fingerprint density at radius 1 is 1.25 bits per heavy atom. The molecule has 1 spiro atoms. The van der Waals surface area contributed by atoms with Crippen LogP contribution in [0.25, 0.3) is 5.57 Å². The number of rotatable bonds is 14. The SMILES string of the molecule is CCC(=O)CCCCC[C@H](NC(=O)[C@H]1CC12CCN(CC)CC2)c1ncc(C2=CC(=N)/C(=C\NC)C=C2OC)o1. The molecule has 9 nitrogen and oxygen atoms in total. The zero-order valence-electron chi connectivity index (χ0n) is 24.5. The van der Waals surface area contributed by atoms with E-state index in [2.05, 4.69) is 27.4 Å². The quantitative estimate of drug-likeness (QED) is 0.280. The molecule has 1 aliphatic heterocycles. The number of carbonyl (C=O) groups is 2. The highest BCUT2D eigenvalue weighted by Gasteiger charge is 2.58. The molecule has 9 heteroatoms. The summed E-state index contributed by atoms with van der Waals surface area (Å²) in [5.41, 5.74) is 1.83. The molecule has 0 aromatic carbocycles. The van der Waals surface area contributed by atoms with Crippen molar-refractivity contribution in [1.82, 2.24) is 20.5 Å². The van der Waals surface area contributed by atoms with Gasteiger partial charge >= 0.3 is 0 Å². The van der Waals surface area contributed by atoms with E-state index in [-0.39, 0.29) is 29.1 Å². The van der Waals surface area contributed by atoms with Gasteiger partial charge in [-0.3, -0.25) is 9.59 Å². The molecule has 0 bridgehead atoms. The first-order chi connectivity index (χ1) is 19.3. The average molecular weight is 552 g/mol. The number of aromatic nitrogens is 1. The summed E-state index contributed by atoms with van der Waals surface area (Å²) in [5.74, 6) is 1.97. The molecule has 3 N–H and O–H groups in total. The van der Waals surface area contributed by atoms with Crippen LogP contribution in [0.2, 0.25) is 0 Å². The van der Waals surface area contributed by atoms with Crippen molar-refractivity contribution in [3.8, 4) is 0 Å². The highest BCUT2D eigenvalue weighted by molar-refractivity contribution is 6.15. The summed E-state index contributed by atoms with van der Waals surface area (Å²) in [4.78, 5) is 32.2. The van der Waals surface area contributed by atoms with E-state index in [0.717, 1.165) is 58.2 Å². The van der Waals surface area contributed by atoms with Crippen LogP contribution < -0.4 is 10.6 Å². The average Bonchev–Trinajstić information content (AvgIpc) is 3.43. The maximum Gasteiger partial charge on any atom is 0.224 e. The summed E-state index contributed by atoms with van der Waals surface area (Å²) >= 11 is 0. The van der Waals surface area contributed by atoms with Gasteiger partial charge in [0.25, 0.3) is 0 Å². The summed E-state index contributed by atoms with van der Waals surface area (Å²) in [7, 11) is 3.38. The number of amides is 1. The number of nitrogens with zero attached hydrogens (tertiary/aromatic N) is 2. The molecule has 3 aliphatic rings. The third kappa shape index (κ3) is 6.92. The molecular formula is C31H45N5O4. The van der Waals surface area contributed by atoms with Crippen LogP contribution in [0.4, 0.5) is 0 Å². The molecular weight excluding hydrogens is 506 g/mol. The second-order valence-electron chi connectivity index (χ2n) is 11.2. The molecule has 2 atom stereocenters. The van der Waals surface area contributed by atoms with Crippen LogP contribution in [-0.2, 0) is 14.3 Å². The highest BCUT2D eigenvalue weighted by Crippen LogP contribution is 2.59. The predicted octanol–water partition coefficient (Wildman–Crippen LogP) is 4.93. The first-order valence-corrected chi connectivity index (χ1v) is 14.8. The number of allylic oxidation sites excluding steroid dienone is 4. The number of piperidine rings is 1. The van der Waals surface area contributed by atoms with Gasteiger partial charge in [0.05, 0.1) is 24.6 Å². The minimum absolute atomic E-state index is 0.0487. The van der Waals surface area contributed by atoms with Gasteiger partial charge in [-0.2, -0.15) is 0 Å². The lowest BCUT2D eigenvalue weighted by Crippen LogP contribution is -2.37. The number of ether oxygens (including phenoxy) is 1. The van der Waals surface area contributed by atoms with Crippen molar-refractivity contribution in [2.75, 3.05) is 33.8 Å². The highest BCUT2D eigenvalue weighted by atomic mass is 16.5. The van der Waals surface area contributed by atoms with Crippen LogP contribution in [-0.4, -0.2) is 61.1 Å². The topological polar surface area (TPSA) is 121 Å². The van der Waals surface area contributed by atoms with E-state index < -0.39 is 0 Å². The third-order valence-electron chi connectivity index (χ3n) is 8.72. The lowest BCUT2D eigenvalue weighted by molar-refractivity contribution is -0.124. The molecule has 40 heavy (non-hydrogen) atoms. The van der Waals surface area contributed by atoms with Gasteiger partial charge in [0.2, 0.25) is 11.8 Å². The lowest BCUT2D eigenvalue weighted by atomic mass is 9.90. The molecule has 4 rings (SSSR count). The number of carbonyl (C=O) groups excluding carboxylic acids is 2. The minimum atomic E-state index is -0.352. The van der Waals surface area contributed by atoms with Gasteiger partial charge in [0.15, 0.2) is 5.76 Å². The molecule has 2 aliphatic carbocycles. The van der Waals surface area contributed by atoms with Crippen LogP contribution in [0.3, 0.4) is 0 Å². The summed E-state index contributed by atoms with van der Waals surface area (Å²) in [5, 5.41) is 14.6. The lowest BCUT2D eigenvalue weighted by Gasteiger charge is -2.32. The number of Topliss-reactive ketones (excluding diaryl/α,β-unsaturated/α-hetero) is 1. The van der Waals surface area contributed by atoms with E-state index in [1.165, 1.54) is 0 Å². The van der Waals surface area contributed by atoms with Gasteiger partial charge in [-0.05, 0) is 69.3 Å². The fourth-order valence-corrected chi connectivity index (χ4v) is 5.94. The van der Waals surface area contributed by atoms with E-state index in [9.17, 15) is 9.59 Å². The van der Waals surface area contributed by atoms with Gasteiger partial charge in [-0.15, -0.1) is 0 Å². The van der Waals surface area contributed by atoms with E-state index in [4.69, 9.17) is 14.6 Å². The second kappa shape index (κ2) is 13.4. The van der Waals surface area contributed by atoms with Crippen LogP contribution in [0, 0.1) is 16.7 Å². The molecule has 1 amide bonds. The fourth-order valence-electron chi connectivity index (χ4n) is 5.94. The normalized spacial score (nSPS) is 22.1. The van der Waals surface area contributed by atoms with Crippen molar-refractivity contribution in [3.05, 3.63) is 47.5 Å². The van der Waals surface area contributed by atoms with E-state index in [0.29, 0.717) is 53.5 Å². The molecule has 1 aromatic heterocycles. The Hall–Kier alpha value is -3.20. The maximum absolute atomic E-state index is 13.5. The number of hydrogen-bond donors (Lipinski definition) is 3. The smallest absolute Gasteiger partial charge is 0.224 e. The number of methoxy groups -OCH3 is 1. The fraction of sp³-hybridized carbons (Fsp3) is 0.613. The molecule has 1 saturated carbocycles. The van der Waals surface area contributed by atoms with E-state index >= 15 is 0 Å². The Bertz CT molecular complexity index is 1170. The molecule has 1 saturated heterocycles. The molecule has 2 heterocycles. The minimum Gasteiger partial charge on any atom is -0.496 e. The molecule has 1 aromatic rings. The van der Waals surface area contributed by atoms with E-state index in [1.807, 2.05) is 6.92 Å². The first-order valence-electron chi connectivity index (χ1n) is 14.8. The Kier molecular flexibility index (Phi) is 10.0. The zero-order valence-corrected chi connectivity index (χ0v) is 24.5. The molecule has 0 radical (unpaired) electrons. The predicted molar refractivity (Wildman–Crippen MR) is 156 cm³/mol. The van der Waals surface area contributed by atoms with Gasteiger partial charge in [0.1, 0.15) is 17.6 Å². The molecule has 2 fully saturated rings. The Morgan fingerprint density at radius 2 is 2.02 bits per heavy atom. The largest absolute Gasteiger partial charge is 0.496 e. The van der Waals surface area contributed by atoms with Crippen molar-refractivity contribution in [1.29, 1.82) is 5.41 Å². The summed E-state index contributed by atoms with van der Waals surface area (Å²) in [6.07, 6.45) is 14.5. The Morgan fingerprint density at radius 3 is 2.70 bits per heavy atom. The van der Waals surface area contributed by atoms with E-state index in [1.54, 1.807) is 38.7 Å². The molecule has 218 valence electrons. The van der Waals surface area contributed by atoms with Crippen LogP contribution in [0.1, 0.15) is 89.3 Å². The first kappa shape index (κ1) is 29.8. The van der Waals surface area contributed by atoms with Gasteiger partial charge in [-0.25, -0.2) is 4.98 Å². The van der Waals surface area contributed by atoms with Crippen molar-refractivity contribution in [3.63, 3.8) is 0 Å². The number of likely N-dealkylation sites (tertiary alicyclic amines) is 1. The monoisotopic (exact) mass is 551 g/mol. The summed E-state index contributed by atoms with van der Waals surface area (Å²) in [6, 6.07) is -0.352. The number of nitrogens with one attached hydrogen (secondary N) is 3. The van der Waals surface area contributed by atoms with Crippen LogP contribution in [0.5, 0.6) is 0 Å². The number of ketones is 1. The summed E-state index contributed by atoms with van der Waals surface area (Å²) in [6.45, 7) is 7.28. The zero-order chi connectivity index (χ0) is 28.7. The van der Waals surface area contributed by atoms with Gasteiger partial charge in [-0.1, -0.05) is 26.7 Å².